The minimum atomic E-state index is 0.199. The van der Waals surface area contributed by atoms with Crippen molar-refractivity contribution in [3.63, 3.8) is 0 Å². The van der Waals surface area contributed by atoms with Crippen molar-refractivity contribution in [2.24, 2.45) is 11.7 Å². The van der Waals surface area contributed by atoms with Crippen LogP contribution in [-0.2, 0) is 4.79 Å². The van der Waals surface area contributed by atoms with Gasteiger partial charge in [0.2, 0.25) is 5.91 Å². The van der Waals surface area contributed by atoms with Crippen molar-refractivity contribution in [1.29, 1.82) is 0 Å². The predicted octanol–water partition coefficient (Wildman–Crippen LogP) is 0.00230. The summed E-state index contributed by atoms with van der Waals surface area (Å²) in [6.45, 7) is 0. The first-order valence-electron chi connectivity index (χ1n) is 4.30. The van der Waals surface area contributed by atoms with E-state index in [1.54, 1.807) is 0 Å². The lowest BCUT2D eigenvalue weighted by Gasteiger charge is -2.00. The first kappa shape index (κ1) is 7.10. The van der Waals surface area contributed by atoms with Gasteiger partial charge in [-0.3, -0.25) is 4.79 Å². The highest BCUT2D eigenvalue weighted by atomic mass is 16.1. The molecule has 0 spiro atoms. The Kier molecular flexibility index (Phi) is 1.60. The van der Waals surface area contributed by atoms with Gasteiger partial charge in [-0.2, -0.15) is 0 Å². The molecule has 0 aliphatic heterocycles. The highest BCUT2D eigenvalue weighted by molar-refractivity contribution is 5.77. The molecule has 2 aliphatic rings. The molecule has 2 rings (SSSR count). The minimum Gasteiger partial charge on any atom is -0.352 e. The third-order valence-corrected chi connectivity index (χ3v) is 2.36. The molecular weight excluding hydrogens is 140 g/mol. The van der Waals surface area contributed by atoms with Crippen molar-refractivity contribution in [3.8, 4) is 0 Å². The normalized spacial score (nSPS) is 35.0. The van der Waals surface area contributed by atoms with E-state index in [1.165, 1.54) is 12.8 Å². The first-order valence-corrected chi connectivity index (χ1v) is 4.30. The molecule has 2 unspecified atom stereocenters. The SMILES string of the molecule is NC1CC1NC(=O)CC1CC1. The minimum absolute atomic E-state index is 0.199. The average molecular weight is 154 g/mol. The molecule has 0 saturated heterocycles. The summed E-state index contributed by atoms with van der Waals surface area (Å²) >= 11 is 0. The number of hydrogen-bond acceptors (Lipinski definition) is 2. The van der Waals surface area contributed by atoms with E-state index in [9.17, 15) is 4.79 Å². The molecule has 2 fully saturated rings. The van der Waals surface area contributed by atoms with Gasteiger partial charge in [-0.15, -0.1) is 0 Å². The molecular formula is C8H14N2O. The van der Waals surface area contributed by atoms with Crippen molar-refractivity contribution in [1.82, 2.24) is 5.32 Å². The molecule has 62 valence electrons. The van der Waals surface area contributed by atoms with Gasteiger partial charge < -0.3 is 11.1 Å². The monoisotopic (exact) mass is 154 g/mol. The van der Waals surface area contributed by atoms with Gasteiger partial charge in [0, 0.05) is 18.5 Å². The van der Waals surface area contributed by atoms with Crippen LogP contribution in [0.25, 0.3) is 0 Å². The quantitative estimate of drug-likeness (QED) is 0.601. The Morgan fingerprint density at radius 2 is 2.18 bits per heavy atom. The Bertz CT molecular complexity index is 177. The summed E-state index contributed by atoms with van der Waals surface area (Å²) in [6.07, 6.45) is 4.17. The summed E-state index contributed by atoms with van der Waals surface area (Å²) in [4.78, 5) is 11.1. The number of nitrogens with two attached hydrogens (primary N) is 1. The van der Waals surface area contributed by atoms with Gasteiger partial charge in [-0.1, -0.05) is 0 Å². The molecule has 3 heteroatoms. The topological polar surface area (TPSA) is 55.1 Å². The fourth-order valence-electron chi connectivity index (χ4n) is 1.23. The third kappa shape index (κ3) is 1.93. The van der Waals surface area contributed by atoms with E-state index >= 15 is 0 Å². The average Bonchev–Trinajstić information content (AvgIpc) is 2.75. The first-order chi connectivity index (χ1) is 5.25. The molecule has 0 aromatic rings. The molecule has 0 aromatic carbocycles. The van der Waals surface area contributed by atoms with Crippen LogP contribution in [0.15, 0.2) is 0 Å². The second-order valence-corrected chi connectivity index (χ2v) is 3.72. The van der Waals surface area contributed by atoms with Gasteiger partial charge in [0.15, 0.2) is 0 Å². The van der Waals surface area contributed by atoms with E-state index in [4.69, 9.17) is 5.73 Å². The zero-order chi connectivity index (χ0) is 7.84. The lowest BCUT2D eigenvalue weighted by molar-refractivity contribution is -0.121. The van der Waals surface area contributed by atoms with Crippen molar-refractivity contribution < 1.29 is 4.79 Å². The molecule has 0 heterocycles. The maximum absolute atomic E-state index is 11.1. The smallest absolute Gasteiger partial charge is 0.220 e. The van der Waals surface area contributed by atoms with Crippen LogP contribution in [0.4, 0.5) is 0 Å². The Morgan fingerprint density at radius 3 is 2.64 bits per heavy atom. The van der Waals surface area contributed by atoms with E-state index in [0.717, 1.165) is 12.8 Å². The number of amides is 1. The van der Waals surface area contributed by atoms with Crippen molar-refractivity contribution in [2.75, 3.05) is 0 Å². The number of hydrogen-bond donors (Lipinski definition) is 2. The Hall–Kier alpha value is -0.570. The van der Waals surface area contributed by atoms with Crippen LogP contribution in [0.3, 0.4) is 0 Å². The van der Waals surface area contributed by atoms with E-state index in [2.05, 4.69) is 5.32 Å². The largest absolute Gasteiger partial charge is 0.352 e. The van der Waals surface area contributed by atoms with Gasteiger partial charge in [0.1, 0.15) is 0 Å². The molecule has 0 bridgehead atoms. The highest BCUT2D eigenvalue weighted by Gasteiger charge is 2.35. The summed E-state index contributed by atoms with van der Waals surface area (Å²) in [7, 11) is 0. The lowest BCUT2D eigenvalue weighted by Crippen LogP contribution is -2.29. The summed E-state index contributed by atoms with van der Waals surface area (Å²) in [5, 5.41) is 2.91. The maximum atomic E-state index is 11.1. The molecule has 0 aromatic heterocycles. The molecule has 2 atom stereocenters. The Balaban J connectivity index is 1.65. The Labute approximate surface area is 66.3 Å². The van der Waals surface area contributed by atoms with Crippen molar-refractivity contribution in [2.45, 2.75) is 37.8 Å². The number of carbonyl (C=O) groups excluding carboxylic acids is 1. The molecule has 3 N–H and O–H groups in total. The number of nitrogens with one attached hydrogen (secondary N) is 1. The van der Waals surface area contributed by atoms with Gasteiger partial charge in [-0.25, -0.2) is 0 Å². The number of rotatable bonds is 3. The fraction of sp³-hybridized carbons (Fsp3) is 0.875. The summed E-state index contributed by atoms with van der Waals surface area (Å²) in [5.41, 5.74) is 5.55. The van der Waals surface area contributed by atoms with Crippen LogP contribution < -0.4 is 11.1 Å². The molecule has 11 heavy (non-hydrogen) atoms. The van der Waals surface area contributed by atoms with Crippen molar-refractivity contribution in [3.05, 3.63) is 0 Å². The standard InChI is InChI=1S/C8H14N2O/c9-6-4-7(6)10-8(11)3-5-1-2-5/h5-7H,1-4,9H2,(H,10,11). The molecule has 1 amide bonds. The maximum Gasteiger partial charge on any atom is 0.220 e. The summed E-state index contributed by atoms with van der Waals surface area (Å²) in [6, 6.07) is 0.527. The van der Waals surface area contributed by atoms with Crippen LogP contribution in [0.2, 0.25) is 0 Å². The van der Waals surface area contributed by atoms with E-state index < -0.39 is 0 Å². The number of carbonyl (C=O) groups is 1. The molecule has 2 aliphatic carbocycles. The lowest BCUT2D eigenvalue weighted by atomic mass is 10.3. The van der Waals surface area contributed by atoms with Crippen LogP contribution in [0.1, 0.15) is 25.7 Å². The zero-order valence-electron chi connectivity index (χ0n) is 6.55. The van der Waals surface area contributed by atoms with Gasteiger partial charge >= 0.3 is 0 Å². The molecule has 0 radical (unpaired) electrons. The van der Waals surface area contributed by atoms with Crippen LogP contribution in [0, 0.1) is 5.92 Å². The van der Waals surface area contributed by atoms with Gasteiger partial charge in [0.25, 0.3) is 0 Å². The Morgan fingerprint density at radius 1 is 1.55 bits per heavy atom. The second kappa shape index (κ2) is 2.48. The van der Waals surface area contributed by atoms with E-state index in [0.29, 0.717) is 12.0 Å². The van der Waals surface area contributed by atoms with Crippen molar-refractivity contribution >= 4 is 5.91 Å². The van der Waals surface area contributed by atoms with Crippen LogP contribution in [0.5, 0.6) is 0 Å². The van der Waals surface area contributed by atoms with Gasteiger partial charge in [-0.05, 0) is 25.2 Å². The van der Waals surface area contributed by atoms with Crippen LogP contribution >= 0.6 is 0 Å². The van der Waals surface area contributed by atoms with Crippen LogP contribution in [-0.4, -0.2) is 18.0 Å². The van der Waals surface area contributed by atoms with Gasteiger partial charge in [0.05, 0.1) is 0 Å². The zero-order valence-corrected chi connectivity index (χ0v) is 6.55. The van der Waals surface area contributed by atoms with E-state index in [1.807, 2.05) is 0 Å². The summed E-state index contributed by atoms with van der Waals surface area (Å²) < 4.78 is 0. The molecule has 2 saturated carbocycles. The second-order valence-electron chi connectivity index (χ2n) is 3.72. The van der Waals surface area contributed by atoms with E-state index in [-0.39, 0.29) is 11.9 Å². The molecule has 3 nitrogen and oxygen atoms in total. The third-order valence-electron chi connectivity index (χ3n) is 2.36. The fourth-order valence-corrected chi connectivity index (χ4v) is 1.23. The highest BCUT2D eigenvalue weighted by Crippen LogP contribution is 2.32. The summed E-state index contributed by atoms with van der Waals surface area (Å²) in [5.74, 6) is 0.885. The predicted molar refractivity (Wildman–Crippen MR) is 41.9 cm³/mol.